The van der Waals surface area contributed by atoms with Gasteiger partial charge >= 0.3 is 11.8 Å². The zero-order chi connectivity index (χ0) is 17.0. The molecule has 5 heteroatoms. The van der Waals surface area contributed by atoms with Crippen LogP contribution in [0.25, 0.3) is 0 Å². The highest BCUT2D eigenvalue weighted by Crippen LogP contribution is 2.27. The lowest BCUT2D eigenvalue weighted by molar-refractivity contribution is -0.133. The maximum absolute atomic E-state index is 12.2. The zero-order valence-electron chi connectivity index (χ0n) is 13.8. The van der Waals surface area contributed by atoms with Gasteiger partial charge in [0.25, 0.3) is 0 Å². The standard InChI is InChI=1S/C18H21N3O2/c1-11(2)14-7-5-6-13(4)16(14)21-18(23)17(22)20-15-9-8-12(3)10-19-15/h5-11H,1-4H3,(H,21,23)(H,19,20,22). The Morgan fingerprint density at radius 2 is 1.70 bits per heavy atom. The van der Waals surface area contributed by atoms with E-state index in [9.17, 15) is 9.59 Å². The second kappa shape index (κ2) is 7.05. The van der Waals surface area contributed by atoms with Crippen LogP contribution in [-0.2, 0) is 9.59 Å². The number of aryl methyl sites for hydroxylation is 2. The van der Waals surface area contributed by atoms with E-state index in [1.54, 1.807) is 12.3 Å². The number of aromatic nitrogens is 1. The molecule has 23 heavy (non-hydrogen) atoms. The van der Waals surface area contributed by atoms with Crippen LogP contribution >= 0.6 is 0 Å². The summed E-state index contributed by atoms with van der Waals surface area (Å²) in [4.78, 5) is 28.2. The number of carbonyl (C=O) groups is 2. The second-order valence-corrected chi connectivity index (χ2v) is 5.82. The zero-order valence-corrected chi connectivity index (χ0v) is 13.8. The van der Waals surface area contributed by atoms with Crippen molar-refractivity contribution >= 4 is 23.3 Å². The van der Waals surface area contributed by atoms with Crippen LogP contribution in [-0.4, -0.2) is 16.8 Å². The number of anilines is 2. The number of nitrogens with one attached hydrogen (secondary N) is 2. The molecule has 2 rings (SSSR count). The Morgan fingerprint density at radius 3 is 2.30 bits per heavy atom. The maximum atomic E-state index is 12.2. The first-order chi connectivity index (χ1) is 10.9. The van der Waals surface area contributed by atoms with Crippen molar-refractivity contribution in [3.8, 4) is 0 Å². The van der Waals surface area contributed by atoms with Gasteiger partial charge in [0, 0.05) is 11.9 Å². The van der Waals surface area contributed by atoms with E-state index in [0.717, 1.165) is 16.7 Å². The van der Waals surface area contributed by atoms with Crippen molar-refractivity contribution in [2.45, 2.75) is 33.6 Å². The van der Waals surface area contributed by atoms with Gasteiger partial charge in [-0.1, -0.05) is 38.1 Å². The minimum absolute atomic E-state index is 0.243. The molecular formula is C18H21N3O2. The van der Waals surface area contributed by atoms with Crippen molar-refractivity contribution < 1.29 is 9.59 Å². The molecule has 2 N–H and O–H groups in total. The molecule has 2 amide bonds. The molecule has 1 aromatic carbocycles. The SMILES string of the molecule is Cc1ccc(NC(=O)C(=O)Nc2c(C)cccc2C(C)C)nc1. The minimum Gasteiger partial charge on any atom is -0.317 e. The van der Waals surface area contributed by atoms with E-state index in [4.69, 9.17) is 0 Å². The second-order valence-electron chi connectivity index (χ2n) is 5.82. The Labute approximate surface area is 136 Å². The molecule has 0 aliphatic carbocycles. The van der Waals surface area contributed by atoms with E-state index >= 15 is 0 Å². The average Bonchev–Trinajstić information content (AvgIpc) is 2.51. The fourth-order valence-corrected chi connectivity index (χ4v) is 2.23. The van der Waals surface area contributed by atoms with Gasteiger partial charge in [0.05, 0.1) is 0 Å². The molecule has 0 aliphatic heterocycles. The largest absolute Gasteiger partial charge is 0.317 e. The lowest BCUT2D eigenvalue weighted by Gasteiger charge is -2.16. The summed E-state index contributed by atoms with van der Waals surface area (Å²) in [5, 5.41) is 5.21. The fraction of sp³-hybridized carbons (Fsp3) is 0.278. The fourth-order valence-electron chi connectivity index (χ4n) is 2.23. The van der Waals surface area contributed by atoms with Crippen molar-refractivity contribution in [1.82, 2.24) is 4.98 Å². The van der Waals surface area contributed by atoms with E-state index in [0.29, 0.717) is 11.5 Å². The molecule has 0 saturated carbocycles. The van der Waals surface area contributed by atoms with Crippen LogP contribution in [0.5, 0.6) is 0 Å². The predicted octanol–water partition coefficient (Wildman–Crippen LogP) is 3.40. The van der Waals surface area contributed by atoms with Gasteiger partial charge in [0.15, 0.2) is 0 Å². The maximum Gasteiger partial charge on any atom is 0.315 e. The highest BCUT2D eigenvalue weighted by molar-refractivity contribution is 6.43. The summed E-state index contributed by atoms with van der Waals surface area (Å²) in [5.41, 5.74) is 3.60. The molecule has 0 aliphatic rings. The first-order valence-electron chi connectivity index (χ1n) is 7.53. The molecule has 2 aromatic rings. The van der Waals surface area contributed by atoms with Crippen LogP contribution in [0.1, 0.15) is 36.5 Å². The summed E-state index contributed by atoms with van der Waals surface area (Å²) in [6.07, 6.45) is 1.63. The van der Waals surface area contributed by atoms with Gasteiger partial charge in [-0.05, 0) is 42.5 Å². The van der Waals surface area contributed by atoms with Crippen molar-refractivity contribution in [2.75, 3.05) is 10.6 Å². The molecule has 0 bridgehead atoms. The lowest BCUT2D eigenvalue weighted by Crippen LogP contribution is -2.30. The number of para-hydroxylation sites is 1. The van der Waals surface area contributed by atoms with Crippen LogP contribution < -0.4 is 10.6 Å². The third-order valence-electron chi connectivity index (χ3n) is 3.52. The normalized spacial score (nSPS) is 10.5. The van der Waals surface area contributed by atoms with Crippen LogP contribution in [0.2, 0.25) is 0 Å². The van der Waals surface area contributed by atoms with E-state index < -0.39 is 11.8 Å². The summed E-state index contributed by atoms with van der Waals surface area (Å²) >= 11 is 0. The van der Waals surface area contributed by atoms with Crippen molar-refractivity contribution in [3.05, 3.63) is 53.2 Å². The van der Waals surface area contributed by atoms with Gasteiger partial charge in [-0.2, -0.15) is 0 Å². The Balaban J connectivity index is 2.13. The highest BCUT2D eigenvalue weighted by Gasteiger charge is 2.18. The van der Waals surface area contributed by atoms with Gasteiger partial charge in [-0.15, -0.1) is 0 Å². The predicted molar refractivity (Wildman–Crippen MR) is 91.5 cm³/mol. The summed E-state index contributed by atoms with van der Waals surface area (Å²) in [7, 11) is 0. The van der Waals surface area contributed by atoms with Crippen molar-refractivity contribution in [3.63, 3.8) is 0 Å². The summed E-state index contributed by atoms with van der Waals surface area (Å²) in [6, 6.07) is 9.27. The van der Waals surface area contributed by atoms with Gasteiger partial charge in [-0.3, -0.25) is 9.59 Å². The number of carbonyl (C=O) groups excluding carboxylic acids is 2. The summed E-state index contributed by atoms with van der Waals surface area (Å²) < 4.78 is 0. The molecule has 0 radical (unpaired) electrons. The number of hydrogen-bond acceptors (Lipinski definition) is 3. The van der Waals surface area contributed by atoms with Crippen LogP contribution in [0.15, 0.2) is 36.5 Å². The molecule has 0 atom stereocenters. The molecule has 1 heterocycles. The smallest absolute Gasteiger partial charge is 0.315 e. The van der Waals surface area contributed by atoms with Crippen molar-refractivity contribution in [1.29, 1.82) is 0 Å². The first-order valence-corrected chi connectivity index (χ1v) is 7.53. The van der Waals surface area contributed by atoms with E-state index in [1.165, 1.54) is 0 Å². The Hall–Kier alpha value is -2.69. The van der Waals surface area contributed by atoms with E-state index in [2.05, 4.69) is 15.6 Å². The third-order valence-corrected chi connectivity index (χ3v) is 3.52. The molecule has 0 saturated heterocycles. The Morgan fingerprint density at radius 1 is 1.00 bits per heavy atom. The van der Waals surface area contributed by atoms with Gasteiger partial charge in [0.2, 0.25) is 0 Å². The Kier molecular flexibility index (Phi) is 5.11. The van der Waals surface area contributed by atoms with E-state index in [-0.39, 0.29) is 5.92 Å². The lowest BCUT2D eigenvalue weighted by atomic mass is 9.98. The highest BCUT2D eigenvalue weighted by atomic mass is 16.2. The number of hydrogen-bond donors (Lipinski definition) is 2. The molecule has 120 valence electrons. The molecule has 1 aromatic heterocycles. The van der Waals surface area contributed by atoms with Gasteiger partial charge in [0.1, 0.15) is 5.82 Å². The molecular weight excluding hydrogens is 290 g/mol. The molecule has 0 fully saturated rings. The number of benzene rings is 1. The van der Waals surface area contributed by atoms with Crippen LogP contribution in [0, 0.1) is 13.8 Å². The van der Waals surface area contributed by atoms with Gasteiger partial charge in [-0.25, -0.2) is 4.98 Å². The number of rotatable bonds is 3. The minimum atomic E-state index is -0.737. The van der Waals surface area contributed by atoms with Crippen LogP contribution in [0.3, 0.4) is 0 Å². The van der Waals surface area contributed by atoms with Crippen molar-refractivity contribution in [2.24, 2.45) is 0 Å². The average molecular weight is 311 g/mol. The first kappa shape index (κ1) is 16.7. The monoisotopic (exact) mass is 311 g/mol. The Bertz CT molecular complexity index is 722. The molecule has 0 unspecified atom stereocenters. The van der Waals surface area contributed by atoms with Gasteiger partial charge < -0.3 is 10.6 Å². The van der Waals surface area contributed by atoms with E-state index in [1.807, 2.05) is 52.0 Å². The van der Waals surface area contributed by atoms with Crippen LogP contribution in [0.4, 0.5) is 11.5 Å². The quantitative estimate of drug-likeness (QED) is 0.853. The number of amides is 2. The summed E-state index contributed by atoms with van der Waals surface area (Å²) in [6.45, 7) is 7.89. The number of nitrogens with zero attached hydrogens (tertiary/aromatic N) is 1. The summed E-state index contributed by atoms with van der Waals surface area (Å²) in [5.74, 6) is -0.848. The number of pyridine rings is 1. The molecule has 5 nitrogen and oxygen atoms in total. The topological polar surface area (TPSA) is 71.1 Å². The third kappa shape index (κ3) is 4.16. The molecule has 0 spiro atoms.